The summed E-state index contributed by atoms with van der Waals surface area (Å²) in [6, 6.07) is 9.92. The van der Waals surface area contributed by atoms with Crippen LogP contribution < -0.4 is 10.6 Å². The third kappa shape index (κ3) is 3.78. The quantitative estimate of drug-likeness (QED) is 0.892. The van der Waals surface area contributed by atoms with Crippen LogP contribution in [0, 0.1) is 5.92 Å². The zero-order chi connectivity index (χ0) is 13.8. The van der Waals surface area contributed by atoms with Gasteiger partial charge in [-0.1, -0.05) is 25.1 Å². The molecule has 1 saturated heterocycles. The largest absolute Gasteiger partial charge is 0.327 e. The fourth-order valence-electron chi connectivity index (χ4n) is 2.73. The van der Waals surface area contributed by atoms with Crippen molar-refractivity contribution in [3.63, 3.8) is 0 Å². The number of carbonyl (C=O) groups is 1. The minimum atomic E-state index is 0.118. The molecule has 0 aromatic heterocycles. The highest BCUT2D eigenvalue weighted by molar-refractivity contribution is 5.94. The highest BCUT2D eigenvalue weighted by atomic mass is 16.2. The van der Waals surface area contributed by atoms with Crippen LogP contribution in [-0.2, 0) is 4.79 Å². The van der Waals surface area contributed by atoms with Crippen molar-refractivity contribution >= 4 is 11.6 Å². The van der Waals surface area contributed by atoms with E-state index in [0.717, 1.165) is 25.2 Å². The van der Waals surface area contributed by atoms with E-state index in [-0.39, 0.29) is 11.9 Å². The van der Waals surface area contributed by atoms with Crippen molar-refractivity contribution in [1.29, 1.82) is 0 Å². The maximum Gasteiger partial charge on any atom is 0.240 e. The topological polar surface area (TPSA) is 49.6 Å². The lowest BCUT2D eigenvalue weighted by atomic mass is 9.96. The lowest BCUT2D eigenvalue weighted by Crippen LogP contribution is -2.49. The molecule has 1 aromatic carbocycles. The second kappa shape index (κ2) is 6.17. The monoisotopic (exact) mass is 261 g/mol. The Bertz CT molecular complexity index is 411. The lowest BCUT2D eigenvalue weighted by molar-refractivity contribution is -0.119. The predicted molar refractivity (Wildman–Crippen MR) is 78.0 cm³/mol. The van der Waals surface area contributed by atoms with Gasteiger partial charge in [0.25, 0.3) is 0 Å². The molecule has 1 aromatic rings. The Hall–Kier alpha value is -1.39. The molecule has 2 unspecified atom stereocenters. The summed E-state index contributed by atoms with van der Waals surface area (Å²) in [5, 5.41) is 0. The summed E-state index contributed by atoms with van der Waals surface area (Å²) in [5.74, 6) is 0.686. The summed E-state index contributed by atoms with van der Waals surface area (Å²) in [6.45, 7) is 4.42. The molecule has 1 fully saturated rings. The number of nitrogens with two attached hydrogens (primary N) is 1. The van der Waals surface area contributed by atoms with Gasteiger partial charge in [-0.2, -0.15) is 0 Å². The molecule has 0 radical (unpaired) electrons. The highest BCUT2D eigenvalue weighted by Gasteiger charge is 2.24. The fraction of sp³-hybridized carbons (Fsp3) is 0.533. The molecule has 0 spiro atoms. The number of nitrogens with zero attached hydrogens (tertiary/aromatic N) is 2. The number of carbonyl (C=O) groups excluding carboxylic acids is 1. The van der Waals surface area contributed by atoms with Gasteiger partial charge in [-0.25, -0.2) is 0 Å². The summed E-state index contributed by atoms with van der Waals surface area (Å²) in [7, 11) is 1.82. The summed E-state index contributed by atoms with van der Waals surface area (Å²) in [4.78, 5) is 16.1. The van der Waals surface area contributed by atoms with Crippen molar-refractivity contribution in [2.24, 2.45) is 11.7 Å². The van der Waals surface area contributed by atoms with Crippen molar-refractivity contribution in [2.75, 3.05) is 31.6 Å². The Morgan fingerprint density at radius 1 is 1.37 bits per heavy atom. The lowest BCUT2D eigenvalue weighted by Gasteiger charge is -2.35. The number of piperidine rings is 1. The molecule has 19 heavy (non-hydrogen) atoms. The van der Waals surface area contributed by atoms with Crippen LogP contribution >= 0.6 is 0 Å². The van der Waals surface area contributed by atoms with Gasteiger partial charge in [0.05, 0.1) is 6.54 Å². The Balaban J connectivity index is 1.93. The molecule has 104 valence electrons. The molecule has 4 heteroatoms. The molecule has 1 aliphatic heterocycles. The SMILES string of the molecule is CC1CC(N)CN(CC(=O)N(C)c2ccccc2)C1. The van der Waals surface area contributed by atoms with Crippen molar-refractivity contribution < 1.29 is 4.79 Å². The van der Waals surface area contributed by atoms with Gasteiger partial charge in [0.15, 0.2) is 0 Å². The van der Waals surface area contributed by atoms with Crippen molar-refractivity contribution in [3.05, 3.63) is 30.3 Å². The third-order valence-corrected chi connectivity index (χ3v) is 3.64. The maximum absolute atomic E-state index is 12.3. The van der Waals surface area contributed by atoms with Crippen LogP contribution in [0.3, 0.4) is 0 Å². The van der Waals surface area contributed by atoms with E-state index in [2.05, 4.69) is 11.8 Å². The number of para-hydroxylation sites is 1. The van der Waals surface area contributed by atoms with Crippen molar-refractivity contribution in [1.82, 2.24) is 4.90 Å². The van der Waals surface area contributed by atoms with Crippen LogP contribution in [0.1, 0.15) is 13.3 Å². The minimum absolute atomic E-state index is 0.118. The summed E-state index contributed by atoms with van der Waals surface area (Å²) in [6.07, 6.45) is 1.05. The number of hydrogen-bond donors (Lipinski definition) is 1. The zero-order valence-corrected chi connectivity index (χ0v) is 11.7. The summed E-state index contributed by atoms with van der Waals surface area (Å²) in [5.41, 5.74) is 6.94. The molecule has 1 heterocycles. The first-order valence-electron chi connectivity index (χ1n) is 6.86. The van der Waals surface area contributed by atoms with E-state index in [9.17, 15) is 4.79 Å². The molecule has 2 N–H and O–H groups in total. The number of likely N-dealkylation sites (N-methyl/N-ethyl adjacent to an activating group) is 1. The first-order valence-corrected chi connectivity index (χ1v) is 6.86. The molecule has 1 aliphatic rings. The third-order valence-electron chi connectivity index (χ3n) is 3.64. The number of rotatable bonds is 3. The number of benzene rings is 1. The van der Waals surface area contributed by atoms with E-state index in [1.165, 1.54) is 0 Å². The van der Waals surface area contributed by atoms with E-state index in [1.54, 1.807) is 4.90 Å². The number of anilines is 1. The van der Waals surface area contributed by atoms with E-state index in [1.807, 2.05) is 37.4 Å². The Labute approximate surface area is 115 Å². The van der Waals surface area contributed by atoms with Gasteiger partial charge in [0.2, 0.25) is 5.91 Å². The van der Waals surface area contributed by atoms with Gasteiger partial charge in [-0.3, -0.25) is 9.69 Å². The first kappa shape index (κ1) is 14.0. The van der Waals surface area contributed by atoms with Gasteiger partial charge >= 0.3 is 0 Å². The van der Waals surface area contributed by atoms with E-state index in [0.29, 0.717) is 12.5 Å². The molecular formula is C15H23N3O. The average molecular weight is 261 g/mol. The minimum Gasteiger partial charge on any atom is -0.327 e. The molecular weight excluding hydrogens is 238 g/mol. The standard InChI is InChI=1S/C15H23N3O/c1-12-8-13(16)10-18(9-12)11-15(19)17(2)14-6-4-3-5-7-14/h3-7,12-13H,8-11,16H2,1-2H3. The van der Waals surface area contributed by atoms with Crippen molar-refractivity contribution in [3.8, 4) is 0 Å². The van der Waals surface area contributed by atoms with Crippen LogP contribution in [-0.4, -0.2) is 43.5 Å². The summed E-state index contributed by atoms with van der Waals surface area (Å²) < 4.78 is 0. The van der Waals surface area contributed by atoms with E-state index >= 15 is 0 Å². The molecule has 0 bridgehead atoms. The molecule has 2 rings (SSSR count). The molecule has 0 aliphatic carbocycles. The second-order valence-corrected chi connectivity index (χ2v) is 5.58. The van der Waals surface area contributed by atoms with Crippen LogP contribution in [0.25, 0.3) is 0 Å². The van der Waals surface area contributed by atoms with Gasteiger partial charge in [-0.15, -0.1) is 0 Å². The maximum atomic E-state index is 12.3. The Morgan fingerprint density at radius 2 is 2.05 bits per heavy atom. The Morgan fingerprint density at radius 3 is 2.68 bits per heavy atom. The van der Waals surface area contributed by atoms with E-state index in [4.69, 9.17) is 5.73 Å². The summed E-state index contributed by atoms with van der Waals surface area (Å²) >= 11 is 0. The molecule has 1 amide bonds. The second-order valence-electron chi connectivity index (χ2n) is 5.58. The van der Waals surface area contributed by atoms with Gasteiger partial charge in [0, 0.05) is 31.9 Å². The number of amides is 1. The average Bonchev–Trinajstić information content (AvgIpc) is 2.37. The smallest absolute Gasteiger partial charge is 0.240 e. The molecule has 2 atom stereocenters. The van der Waals surface area contributed by atoms with Crippen LogP contribution in [0.2, 0.25) is 0 Å². The van der Waals surface area contributed by atoms with Gasteiger partial charge in [-0.05, 0) is 24.5 Å². The van der Waals surface area contributed by atoms with E-state index < -0.39 is 0 Å². The van der Waals surface area contributed by atoms with Gasteiger partial charge in [0.1, 0.15) is 0 Å². The van der Waals surface area contributed by atoms with Crippen LogP contribution in [0.4, 0.5) is 5.69 Å². The zero-order valence-electron chi connectivity index (χ0n) is 11.7. The highest BCUT2D eigenvalue weighted by Crippen LogP contribution is 2.16. The van der Waals surface area contributed by atoms with Crippen LogP contribution in [0.5, 0.6) is 0 Å². The molecule has 0 saturated carbocycles. The van der Waals surface area contributed by atoms with Gasteiger partial charge < -0.3 is 10.6 Å². The normalized spacial score (nSPS) is 24.2. The number of hydrogen-bond acceptors (Lipinski definition) is 3. The Kier molecular flexibility index (Phi) is 4.56. The predicted octanol–water partition coefficient (Wildman–Crippen LogP) is 1.32. The fourth-order valence-corrected chi connectivity index (χ4v) is 2.73. The van der Waals surface area contributed by atoms with Crippen LogP contribution in [0.15, 0.2) is 30.3 Å². The number of likely N-dealkylation sites (tertiary alicyclic amines) is 1. The van der Waals surface area contributed by atoms with Crippen molar-refractivity contribution in [2.45, 2.75) is 19.4 Å². The first-order chi connectivity index (χ1) is 9.06. The molecule has 4 nitrogen and oxygen atoms in total.